The average Bonchev–Trinajstić information content (AvgIpc) is 3.16. The molecular formula is C17H27N5O4S. The van der Waals surface area contributed by atoms with Crippen LogP contribution in [0.2, 0.25) is 0 Å². The van der Waals surface area contributed by atoms with E-state index in [9.17, 15) is 18.0 Å². The largest absolute Gasteiger partial charge is 0.348 e. The first kappa shape index (κ1) is 19.8. The van der Waals surface area contributed by atoms with Crippen molar-refractivity contribution in [2.24, 2.45) is 5.92 Å². The van der Waals surface area contributed by atoms with Gasteiger partial charge in [0.05, 0.1) is 18.8 Å². The van der Waals surface area contributed by atoms with Crippen LogP contribution in [0.25, 0.3) is 0 Å². The van der Waals surface area contributed by atoms with Gasteiger partial charge >= 0.3 is 0 Å². The fourth-order valence-electron chi connectivity index (χ4n) is 3.91. The summed E-state index contributed by atoms with van der Waals surface area (Å²) < 4.78 is 25.3. The van der Waals surface area contributed by atoms with Crippen LogP contribution in [0.3, 0.4) is 0 Å². The Morgan fingerprint density at radius 2 is 1.78 bits per heavy atom. The number of likely N-dealkylation sites (tertiary alicyclic amines) is 1. The maximum atomic E-state index is 12.7. The molecule has 150 valence electrons. The van der Waals surface area contributed by atoms with Gasteiger partial charge in [0.15, 0.2) is 0 Å². The molecule has 3 rings (SSSR count). The van der Waals surface area contributed by atoms with Crippen molar-refractivity contribution in [1.82, 2.24) is 24.9 Å². The van der Waals surface area contributed by atoms with Gasteiger partial charge in [-0.15, -0.1) is 0 Å². The highest BCUT2D eigenvalue weighted by Gasteiger charge is 2.32. The third-order valence-corrected chi connectivity index (χ3v) is 6.10. The SMILES string of the molecule is CS(=O)(=O)NC1CCN(C(=O)C2CCC(NC(=O)c3cnc[nH]3)CC2)CC1. The van der Waals surface area contributed by atoms with E-state index < -0.39 is 10.0 Å². The number of piperidine rings is 1. The molecule has 9 nitrogen and oxygen atoms in total. The van der Waals surface area contributed by atoms with Crippen LogP contribution in [-0.2, 0) is 14.8 Å². The lowest BCUT2D eigenvalue weighted by atomic mass is 9.84. The molecule has 1 aliphatic carbocycles. The lowest BCUT2D eigenvalue weighted by molar-refractivity contribution is -0.137. The quantitative estimate of drug-likeness (QED) is 0.656. The molecule has 0 spiro atoms. The number of sulfonamides is 1. The molecule has 1 saturated carbocycles. The highest BCUT2D eigenvalue weighted by atomic mass is 32.2. The molecule has 0 aromatic carbocycles. The van der Waals surface area contributed by atoms with Gasteiger partial charge in [-0.25, -0.2) is 18.1 Å². The number of hydrogen-bond acceptors (Lipinski definition) is 5. The lowest BCUT2D eigenvalue weighted by Gasteiger charge is -2.36. The number of carbonyl (C=O) groups excluding carboxylic acids is 2. The molecule has 1 aromatic rings. The summed E-state index contributed by atoms with van der Waals surface area (Å²) in [5.41, 5.74) is 0.443. The number of carbonyl (C=O) groups is 2. The van der Waals surface area contributed by atoms with Gasteiger partial charge in [-0.3, -0.25) is 9.59 Å². The standard InChI is InChI=1S/C17H27N5O4S/c1-27(25,26)21-14-6-8-22(9-7-14)17(24)12-2-4-13(5-3-12)20-16(23)15-10-18-11-19-15/h10-14,21H,2-9H2,1H3,(H,18,19)(H,20,23). The lowest BCUT2D eigenvalue weighted by Crippen LogP contribution is -2.48. The van der Waals surface area contributed by atoms with Crippen LogP contribution >= 0.6 is 0 Å². The number of aromatic nitrogens is 2. The smallest absolute Gasteiger partial charge is 0.269 e. The third-order valence-electron chi connectivity index (χ3n) is 5.34. The molecule has 1 aliphatic heterocycles. The topological polar surface area (TPSA) is 124 Å². The number of imidazole rings is 1. The molecule has 0 atom stereocenters. The number of aromatic amines is 1. The molecule has 2 heterocycles. The van der Waals surface area contributed by atoms with Crippen LogP contribution in [0.4, 0.5) is 0 Å². The minimum atomic E-state index is -3.21. The van der Waals surface area contributed by atoms with E-state index in [2.05, 4.69) is 20.0 Å². The van der Waals surface area contributed by atoms with Crippen molar-refractivity contribution in [2.75, 3.05) is 19.3 Å². The van der Waals surface area contributed by atoms with Crippen molar-refractivity contribution in [2.45, 2.75) is 50.6 Å². The molecule has 10 heteroatoms. The van der Waals surface area contributed by atoms with Crippen LogP contribution < -0.4 is 10.0 Å². The minimum Gasteiger partial charge on any atom is -0.348 e. The number of rotatable bonds is 5. The van der Waals surface area contributed by atoms with Gasteiger partial charge in [0.25, 0.3) is 5.91 Å². The zero-order valence-corrected chi connectivity index (χ0v) is 16.3. The van der Waals surface area contributed by atoms with Gasteiger partial charge in [0.1, 0.15) is 5.69 Å². The van der Waals surface area contributed by atoms with E-state index in [1.54, 1.807) is 0 Å². The molecule has 2 aliphatic rings. The van der Waals surface area contributed by atoms with Crippen molar-refractivity contribution in [3.8, 4) is 0 Å². The molecule has 27 heavy (non-hydrogen) atoms. The molecular weight excluding hydrogens is 370 g/mol. The molecule has 1 saturated heterocycles. The zero-order chi connectivity index (χ0) is 19.4. The summed E-state index contributed by atoms with van der Waals surface area (Å²) in [5, 5.41) is 2.99. The van der Waals surface area contributed by atoms with Crippen LogP contribution in [-0.4, -0.2) is 66.5 Å². The molecule has 2 amide bonds. The van der Waals surface area contributed by atoms with Crippen LogP contribution in [0.1, 0.15) is 49.0 Å². The van der Waals surface area contributed by atoms with E-state index in [1.165, 1.54) is 12.5 Å². The Balaban J connectivity index is 1.42. The van der Waals surface area contributed by atoms with Crippen molar-refractivity contribution >= 4 is 21.8 Å². The van der Waals surface area contributed by atoms with Crippen molar-refractivity contribution in [3.63, 3.8) is 0 Å². The van der Waals surface area contributed by atoms with Gasteiger partial charge in [-0.05, 0) is 38.5 Å². The summed E-state index contributed by atoms with van der Waals surface area (Å²) in [7, 11) is -3.21. The second-order valence-electron chi connectivity index (χ2n) is 7.48. The predicted molar refractivity (Wildman–Crippen MR) is 99.4 cm³/mol. The maximum Gasteiger partial charge on any atom is 0.269 e. The first-order valence-electron chi connectivity index (χ1n) is 9.37. The fourth-order valence-corrected chi connectivity index (χ4v) is 4.75. The summed E-state index contributed by atoms with van der Waals surface area (Å²) in [5.74, 6) is -0.0152. The highest BCUT2D eigenvalue weighted by molar-refractivity contribution is 7.88. The fraction of sp³-hybridized carbons (Fsp3) is 0.706. The van der Waals surface area contributed by atoms with Gasteiger partial charge in [0, 0.05) is 31.1 Å². The van der Waals surface area contributed by atoms with Gasteiger partial charge in [-0.2, -0.15) is 0 Å². The molecule has 0 radical (unpaired) electrons. The van der Waals surface area contributed by atoms with Gasteiger partial charge in [-0.1, -0.05) is 0 Å². The van der Waals surface area contributed by atoms with Crippen molar-refractivity contribution in [1.29, 1.82) is 0 Å². The summed E-state index contributed by atoms with van der Waals surface area (Å²) in [4.78, 5) is 33.3. The first-order chi connectivity index (χ1) is 12.8. The summed E-state index contributed by atoms with van der Waals surface area (Å²) >= 11 is 0. The second kappa shape index (κ2) is 8.39. The molecule has 0 unspecified atom stereocenters. The molecule has 2 fully saturated rings. The van der Waals surface area contributed by atoms with Crippen molar-refractivity contribution < 1.29 is 18.0 Å². The number of amides is 2. The highest BCUT2D eigenvalue weighted by Crippen LogP contribution is 2.27. The van der Waals surface area contributed by atoms with Crippen LogP contribution in [0.15, 0.2) is 12.5 Å². The second-order valence-corrected chi connectivity index (χ2v) is 9.26. The summed E-state index contributed by atoms with van der Waals surface area (Å²) in [6.45, 7) is 1.17. The number of H-pyrrole nitrogens is 1. The van der Waals surface area contributed by atoms with Crippen molar-refractivity contribution in [3.05, 3.63) is 18.2 Å². The van der Waals surface area contributed by atoms with E-state index in [1.807, 2.05) is 4.90 Å². The normalized spacial score (nSPS) is 24.6. The van der Waals surface area contributed by atoms with Crippen LogP contribution in [0, 0.1) is 5.92 Å². The van der Waals surface area contributed by atoms with Crippen LogP contribution in [0.5, 0.6) is 0 Å². The maximum absolute atomic E-state index is 12.7. The average molecular weight is 398 g/mol. The molecule has 1 aromatic heterocycles. The minimum absolute atomic E-state index is 0.00952. The molecule has 3 N–H and O–H groups in total. The van der Waals surface area contributed by atoms with E-state index in [0.717, 1.165) is 31.9 Å². The van der Waals surface area contributed by atoms with E-state index in [-0.39, 0.29) is 29.8 Å². The molecule has 0 bridgehead atoms. The Morgan fingerprint density at radius 1 is 1.11 bits per heavy atom. The van der Waals surface area contributed by atoms with E-state index in [4.69, 9.17) is 0 Å². The Bertz CT molecular complexity index is 748. The predicted octanol–water partition coefficient (Wildman–Crippen LogP) is 0.239. The number of hydrogen-bond donors (Lipinski definition) is 3. The Kier molecular flexibility index (Phi) is 6.15. The monoisotopic (exact) mass is 397 g/mol. The third kappa shape index (κ3) is 5.52. The van der Waals surface area contributed by atoms with Gasteiger partial charge in [0.2, 0.25) is 15.9 Å². The van der Waals surface area contributed by atoms with E-state index >= 15 is 0 Å². The summed E-state index contributed by atoms with van der Waals surface area (Å²) in [6, 6.07) is -0.00738. The Morgan fingerprint density at radius 3 is 2.33 bits per heavy atom. The zero-order valence-electron chi connectivity index (χ0n) is 15.5. The van der Waals surface area contributed by atoms with E-state index in [0.29, 0.717) is 31.6 Å². The number of nitrogens with one attached hydrogen (secondary N) is 3. The van der Waals surface area contributed by atoms with Gasteiger partial charge < -0.3 is 15.2 Å². The summed E-state index contributed by atoms with van der Waals surface area (Å²) in [6.07, 6.45) is 8.50. The number of nitrogens with zero attached hydrogens (tertiary/aromatic N) is 2. The first-order valence-corrected chi connectivity index (χ1v) is 11.3. The Hall–Kier alpha value is -1.94. The Labute approximate surface area is 159 Å².